The fraction of sp³-hybridized carbons (Fsp3) is 0.500. The standard InChI is InChI=1S/C14H20N2OS.ClH/c1-10(2)18-13-6-4-3-5-12(13)14(17)16-9-11-7-15-8-11;/h3-6,10-11,15H,7-9H2,1-2H3,(H,16,17);1H. The summed E-state index contributed by atoms with van der Waals surface area (Å²) >= 11 is 1.73. The molecule has 2 N–H and O–H groups in total. The number of rotatable bonds is 5. The number of carbonyl (C=O) groups excluding carboxylic acids is 1. The molecule has 1 heterocycles. The number of thioether (sulfide) groups is 1. The monoisotopic (exact) mass is 300 g/mol. The Labute approximate surface area is 125 Å². The van der Waals surface area contributed by atoms with E-state index in [1.165, 1.54) is 0 Å². The van der Waals surface area contributed by atoms with Crippen LogP contribution < -0.4 is 10.6 Å². The quantitative estimate of drug-likeness (QED) is 0.821. The van der Waals surface area contributed by atoms with Crippen LogP contribution in [-0.4, -0.2) is 30.8 Å². The molecule has 1 fully saturated rings. The Hall–Kier alpha value is -0.710. The summed E-state index contributed by atoms with van der Waals surface area (Å²) in [6.45, 7) is 7.08. The zero-order valence-electron chi connectivity index (χ0n) is 11.3. The molecule has 1 aliphatic heterocycles. The van der Waals surface area contributed by atoms with Crippen molar-refractivity contribution in [3.05, 3.63) is 29.8 Å². The van der Waals surface area contributed by atoms with Crippen molar-refractivity contribution in [2.75, 3.05) is 19.6 Å². The van der Waals surface area contributed by atoms with Crippen LogP contribution in [0.15, 0.2) is 29.2 Å². The zero-order chi connectivity index (χ0) is 13.0. The van der Waals surface area contributed by atoms with Crippen molar-refractivity contribution in [3.63, 3.8) is 0 Å². The lowest BCUT2D eigenvalue weighted by Gasteiger charge is -2.27. The van der Waals surface area contributed by atoms with Crippen molar-refractivity contribution in [1.82, 2.24) is 10.6 Å². The van der Waals surface area contributed by atoms with E-state index in [0.717, 1.165) is 30.1 Å². The van der Waals surface area contributed by atoms with E-state index in [2.05, 4.69) is 24.5 Å². The Morgan fingerprint density at radius 2 is 2.11 bits per heavy atom. The molecule has 0 saturated carbocycles. The molecule has 1 aliphatic rings. The van der Waals surface area contributed by atoms with Crippen molar-refractivity contribution in [2.45, 2.75) is 24.0 Å². The molecule has 0 radical (unpaired) electrons. The van der Waals surface area contributed by atoms with Gasteiger partial charge in [0.25, 0.3) is 5.91 Å². The molecular weight excluding hydrogens is 280 g/mol. The van der Waals surface area contributed by atoms with E-state index in [9.17, 15) is 4.79 Å². The second-order valence-corrected chi connectivity index (χ2v) is 6.52. The molecule has 0 spiro atoms. The van der Waals surface area contributed by atoms with Gasteiger partial charge in [0.2, 0.25) is 0 Å². The van der Waals surface area contributed by atoms with Gasteiger partial charge in [0.05, 0.1) is 5.56 Å². The number of nitrogens with one attached hydrogen (secondary N) is 2. The van der Waals surface area contributed by atoms with Crippen molar-refractivity contribution in [1.29, 1.82) is 0 Å². The molecule has 1 saturated heterocycles. The van der Waals surface area contributed by atoms with Gasteiger partial charge in [-0.15, -0.1) is 24.2 Å². The average Bonchev–Trinajstić information content (AvgIpc) is 2.26. The van der Waals surface area contributed by atoms with Gasteiger partial charge in [-0.25, -0.2) is 0 Å². The molecule has 0 bridgehead atoms. The zero-order valence-corrected chi connectivity index (χ0v) is 12.9. The van der Waals surface area contributed by atoms with Crippen LogP contribution in [0.1, 0.15) is 24.2 Å². The Bertz CT molecular complexity index is 422. The lowest BCUT2D eigenvalue weighted by molar-refractivity contribution is 0.0939. The maximum atomic E-state index is 12.1. The molecule has 2 rings (SSSR count). The maximum absolute atomic E-state index is 12.1. The summed E-state index contributed by atoms with van der Waals surface area (Å²) in [5, 5.41) is 6.71. The highest BCUT2D eigenvalue weighted by Gasteiger charge is 2.18. The molecule has 1 amide bonds. The SMILES string of the molecule is CC(C)Sc1ccccc1C(=O)NCC1CNC1.Cl. The van der Waals surface area contributed by atoms with E-state index in [0.29, 0.717) is 11.2 Å². The second kappa shape index (κ2) is 7.78. The molecule has 106 valence electrons. The molecule has 5 heteroatoms. The Balaban J connectivity index is 0.00000180. The number of benzene rings is 1. The normalized spacial score (nSPS) is 14.7. The first-order chi connectivity index (χ1) is 8.66. The lowest BCUT2D eigenvalue weighted by Crippen LogP contribution is -2.48. The van der Waals surface area contributed by atoms with E-state index in [1.807, 2.05) is 24.3 Å². The summed E-state index contributed by atoms with van der Waals surface area (Å²) < 4.78 is 0. The molecule has 0 atom stereocenters. The van der Waals surface area contributed by atoms with Crippen LogP contribution in [0.5, 0.6) is 0 Å². The van der Waals surface area contributed by atoms with Crippen LogP contribution in [-0.2, 0) is 0 Å². The van der Waals surface area contributed by atoms with Gasteiger partial charge in [0.1, 0.15) is 0 Å². The van der Waals surface area contributed by atoms with Gasteiger partial charge in [0.15, 0.2) is 0 Å². The minimum atomic E-state index is 0. The van der Waals surface area contributed by atoms with Crippen molar-refractivity contribution >= 4 is 30.1 Å². The predicted molar refractivity (Wildman–Crippen MR) is 83.4 cm³/mol. The van der Waals surface area contributed by atoms with Crippen LogP contribution in [0.4, 0.5) is 0 Å². The van der Waals surface area contributed by atoms with Gasteiger partial charge in [0, 0.05) is 35.7 Å². The van der Waals surface area contributed by atoms with Gasteiger partial charge >= 0.3 is 0 Å². The third kappa shape index (κ3) is 4.71. The van der Waals surface area contributed by atoms with Crippen LogP contribution in [0.2, 0.25) is 0 Å². The fourth-order valence-electron chi connectivity index (χ4n) is 1.84. The molecule has 3 nitrogen and oxygen atoms in total. The molecule has 0 aliphatic carbocycles. The molecule has 1 aromatic carbocycles. The van der Waals surface area contributed by atoms with Gasteiger partial charge in [-0.3, -0.25) is 4.79 Å². The van der Waals surface area contributed by atoms with Gasteiger partial charge in [-0.1, -0.05) is 26.0 Å². The van der Waals surface area contributed by atoms with Crippen molar-refractivity contribution in [2.24, 2.45) is 5.92 Å². The largest absolute Gasteiger partial charge is 0.352 e. The minimum absolute atomic E-state index is 0. The first-order valence-electron chi connectivity index (χ1n) is 6.41. The number of halogens is 1. The maximum Gasteiger partial charge on any atom is 0.252 e. The summed E-state index contributed by atoms with van der Waals surface area (Å²) in [5.74, 6) is 0.643. The van der Waals surface area contributed by atoms with Crippen LogP contribution in [0, 0.1) is 5.92 Å². The summed E-state index contributed by atoms with van der Waals surface area (Å²) in [6, 6.07) is 7.82. The number of hydrogen-bond donors (Lipinski definition) is 2. The molecule has 19 heavy (non-hydrogen) atoms. The summed E-state index contributed by atoms with van der Waals surface area (Å²) in [7, 11) is 0. The van der Waals surface area contributed by atoms with Crippen molar-refractivity contribution < 1.29 is 4.79 Å². The van der Waals surface area contributed by atoms with E-state index in [4.69, 9.17) is 0 Å². The van der Waals surface area contributed by atoms with Crippen LogP contribution in [0.25, 0.3) is 0 Å². The average molecular weight is 301 g/mol. The van der Waals surface area contributed by atoms with E-state index in [-0.39, 0.29) is 18.3 Å². The smallest absolute Gasteiger partial charge is 0.252 e. The Kier molecular flexibility index (Phi) is 6.69. The Morgan fingerprint density at radius 3 is 2.68 bits per heavy atom. The highest BCUT2D eigenvalue weighted by Crippen LogP contribution is 2.26. The fourth-order valence-corrected chi connectivity index (χ4v) is 2.79. The topological polar surface area (TPSA) is 41.1 Å². The highest BCUT2D eigenvalue weighted by molar-refractivity contribution is 8.00. The van der Waals surface area contributed by atoms with Gasteiger partial charge in [-0.2, -0.15) is 0 Å². The second-order valence-electron chi connectivity index (χ2n) is 4.90. The third-order valence-electron chi connectivity index (χ3n) is 2.91. The lowest BCUT2D eigenvalue weighted by atomic mass is 10.0. The summed E-state index contributed by atoms with van der Waals surface area (Å²) in [5.41, 5.74) is 0.795. The van der Waals surface area contributed by atoms with Gasteiger partial charge < -0.3 is 10.6 Å². The molecule has 0 unspecified atom stereocenters. The van der Waals surface area contributed by atoms with Crippen LogP contribution in [0.3, 0.4) is 0 Å². The third-order valence-corrected chi connectivity index (χ3v) is 3.99. The first-order valence-corrected chi connectivity index (χ1v) is 7.29. The number of hydrogen-bond acceptors (Lipinski definition) is 3. The number of amides is 1. The van der Waals surface area contributed by atoms with E-state index in [1.54, 1.807) is 11.8 Å². The highest BCUT2D eigenvalue weighted by atomic mass is 35.5. The number of carbonyl (C=O) groups is 1. The van der Waals surface area contributed by atoms with Crippen molar-refractivity contribution in [3.8, 4) is 0 Å². The van der Waals surface area contributed by atoms with Crippen LogP contribution >= 0.6 is 24.2 Å². The Morgan fingerprint density at radius 1 is 1.42 bits per heavy atom. The summed E-state index contributed by atoms with van der Waals surface area (Å²) in [4.78, 5) is 13.2. The van der Waals surface area contributed by atoms with E-state index < -0.39 is 0 Å². The molecular formula is C14H21ClN2OS. The first kappa shape index (κ1) is 16.3. The van der Waals surface area contributed by atoms with Gasteiger partial charge in [-0.05, 0) is 12.1 Å². The summed E-state index contributed by atoms with van der Waals surface area (Å²) in [6.07, 6.45) is 0. The van der Waals surface area contributed by atoms with E-state index >= 15 is 0 Å². The molecule has 0 aromatic heterocycles. The predicted octanol–water partition coefficient (Wildman–Crippen LogP) is 2.56. The minimum Gasteiger partial charge on any atom is -0.352 e. The molecule has 1 aromatic rings.